The molecule has 4 nitrogen and oxygen atoms in total. The van der Waals surface area contributed by atoms with Crippen LogP contribution in [0.1, 0.15) is 17.9 Å². The largest absolute Gasteiger partial charge is 0.395 e. The van der Waals surface area contributed by atoms with E-state index < -0.39 is 0 Å². The fourth-order valence-corrected chi connectivity index (χ4v) is 2.18. The molecule has 0 aliphatic carbocycles. The van der Waals surface area contributed by atoms with Crippen molar-refractivity contribution in [1.82, 2.24) is 4.90 Å². The molecule has 0 bridgehead atoms. The van der Waals surface area contributed by atoms with E-state index in [0.717, 1.165) is 12.2 Å². The van der Waals surface area contributed by atoms with Crippen molar-refractivity contribution in [3.05, 3.63) is 29.8 Å². The van der Waals surface area contributed by atoms with Crippen LogP contribution in [0.2, 0.25) is 0 Å². The number of hydrogen-bond acceptors (Lipinski definition) is 3. The van der Waals surface area contributed by atoms with Crippen molar-refractivity contribution in [2.45, 2.75) is 12.3 Å². The molecule has 1 aromatic rings. The summed E-state index contributed by atoms with van der Waals surface area (Å²) in [5.74, 6) is 0.336. The van der Waals surface area contributed by atoms with Crippen LogP contribution in [-0.2, 0) is 4.79 Å². The predicted molar refractivity (Wildman–Crippen MR) is 67.0 cm³/mol. The lowest BCUT2D eigenvalue weighted by Crippen LogP contribution is -2.30. The van der Waals surface area contributed by atoms with Gasteiger partial charge in [-0.05, 0) is 11.6 Å². The SMILES string of the molecule is CN(CCO)C(=O)CC1CNc2ccccc21. The number of fused-ring (bicyclic) bond motifs is 1. The van der Waals surface area contributed by atoms with Crippen LogP contribution in [-0.4, -0.2) is 42.7 Å². The van der Waals surface area contributed by atoms with Gasteiger partial charge in [-0.15, -0.1) is 0 Å². The first-order valence-corrected chi connectivity index (χ1v) is 5.90. The van der Waals surface area contributed by atoms with E-state index in [2.05, 4.69) is 11.4 Å². The molecule has 1 aliphatic rings. The summed E-state index contributed by atoms with van der Waals surface area (Å²) in [5.41, 5.74) is 2.35. The normalized spacial score (nSPS) is 17.4. The van der Waals surface area contributed by atoms with Gasteiger partial charge in [-0.3, -0.25) is 4.79 Å². The zero-order chi connectivity index (χ0) is 12.3. The number of hydrogen-bond donors (Lipinski definition) is 2. The van der Waals surface area contributed by atoms with Gasteiger partial charge in [-0.25, -0.2) is 0 Å². The summed E-state index contributed by atoms with van der Waals surface area (Å²) < 4.78 is 0. The summed E-state index contributed by atoms with van der Waals surface area (Å²) in [4.78, 5) is 13.5. The van der Waals surface area contributed by atoms with Gasteiger partial charge in [-0.2, -0.15) is 0 Å². The summed E-state index contributed by atoms with van der Waals surface area (Å²) in [6.45, 7) is 1.24. The van der Waals surface area contributed by atoms with E-state index in [0.29, 0.717) is 13.0 Å². The monoisotopic (exact) mass is 234 g/mol. The van der Waals surface area contributed by atoms with Gasteiger partial charge >= 0.3 is 0 Å². The maximum atomic E-state index is 11.9. The molecule has 92 valence electrons. The predicted octanol–water partition coefficient (Wildman–Crippen LogP) is 1.04. The Hall–Kier alpha value is -1.55. The number of para-hydroxylation sites is 1. The average molecular weight is 234 g/mol. The van der Waals surface area contributed by atoms with Crippen molar-refractivity contribution in [3.63, 3.8) is 0 Å². The molecule has 0 fully saturated rings. The average Bonchev–Trinajstić information content (AvgIpc) is 2.73. The zero-order valence-corrected chi connectivity index (χ0v) is 10.0. The topological polar surface area (TPSA) is 52.6 Å². The molecule has 1 aliphatic heterocycles. The van der Waals surface area contributed by atoms with E-state index in [1.165, 1.54) is 5.56 Å². The molecule has 1 atom stereocenters. The third-order valence-corrected chi connectivity index (χ3v) is 3.22. The number of nitrogens with one attached hydrogen (secondary N) is 1. The number of carbonyl (C=O) groups is 1. The van der Waals surface area contributed by atoms with Gasteiger partial charge in [0.15, 0.2) is 0 Å². The second kappa shape index (κ2) is 5.19. The van der Waals surface area contributed by atoms with Crippen LogP contribution >= 0.6 is 0 Å². The minimum absolute atomic E-state index is 0.0156. The lowest BCUT2D eigenvalue weighted by Gasteiger charge is -2.18. The third-order valence-electron chi connectivity index (χ3n) is 3.22. The van der Waals surface area contributed by atoms with E-state index in [1.807, 2.05) is 18.2 Å². The lowest BCUT2D eigenvalue weighted by atomic mass is 9.97. The molecule has 4 heteroatoms. The molecule has 0 saturated carbocycles. The molecule has 2 rings (SSSR count). The number of nitrogens with zero attached hydrogens (tertiary/aromatic N) is 1. The molecule has 1 heterocycles. The summed E-state index contributed by atoms with van der Waals surface area (Å²) in [6.07, 6.45) is 0.501. The highest BCUT2D eigenvalue weighted by Crippen LogP contribution is 2.33. The van der Waals surface area contributed by atoms with Crippen LogP contribution in [0.4, 0.5) is 5.69 Å². The molecule has 0 radical (unpaired) electrons. The highest BCUT2D eigenvalue weighted by atomic mass is 16.3. The molecular formula is C13H18N2O2. The zero-order valence-electron chi connectivity index (χ0n) is 10.0. The van der Waals surface area contributed by atoms with E-state index in [1.54, 1.807) is 11.9 Å². The standard InChI is InChI=1S/C13H18N2O2/c1-15(6-7-16)13(17)8-10-9-14-12-5-3-2-4-11(10)12/h2-5,10,14,16H,6-9H2,1H3. The van der Waals surface area contributed by atoms with Gasteiger partial charge in [-0.1, -0.05) is 18.2 Å². The highest BCUT2D eigenvalue weighted by Gasteiger charge is 2.24. The summed E-state index contributed by atoms with van der Waals surface area (Å²) in [6, 6.07) is 8.10. The first kappa shape index (κ1) is 11.9. The second-order valence-electron chi connectivity index (χ2n) is 4.41. The fourth-order valence-electron chi connectivity index (χ4n) is 2.18. The molecule has 0 saturated heterocycles. The van der Waals surface area contributed by atoms with E-state index in [-0.39, 0.29) is 18.4 Å². The van der Waals surface area contributed by atoms with Gasteiger partial charge in [0, 0.05) is 38.2 Å². The fraction of sp³-hybridized carbons (Fsp3) is 0.462. The van der Waals surface area contributed by atoms with Crippen LogP contribution < -0.4 is 5.32 Å². The van der Waals surface area contributed by atoms with E-state index >= 15 is 0 Å². The molecular weight excluding hydrogens is 216 g/mol. The molecule has 2 N–H and O–H groups in total. The Labute approximate surface area is 101 Å². The molecule has 1 unspecified atom stereocenters. The number of benzene rings is 1. The first-order valence-electron chi connectivity index (χ1n) is 5.90. The Bertz CT molecular complexity index is 406. The number of carbonyl (C=O) groups excluding carboxylic acids is 1. The Balaban J connectivity index is 2.00. The maximum Gasteiger partial charge on any atom is 0.223 e. The molecule has 1 amide bonds. The van der Waals surface area contributed by atoms with E-state index in [9.17, 15) is 4.79 Å². The van der Waals surface area contributed by atoms with Crippen LogP contribution in [0.3, 0.4) is 0 Å². The number of aliphatic hydroxyl groups is 1. The first-order chi connectivity index (χ1) is 8.22. The number of aliphatic hydroxyl groups excluding tert-OH is 1. The van der Waals surface area contributed by atoms with Crippen LogP contribution in [0.25, 0.3) is 0 Å². The van der Waals surface area contributed by atoms with Crippen LogP contribution in [0.15, 0.2) is 24.3 Å². The van der Waals surface area contributed by atoms with E-state index in [4.69, 9.17) is 5.11 Å². The van der Waals surface area contributed by atoms with Crippen molar-refractivity contribution >= 4 is 11.6 Å². The second-order valence-corrected chi connectivity index (χ2v) is 4.41. The smallest absolute Gasteiger partial charge is 0.223 e. The Morgan fingerprint density at radius 3 is 3.06 bits per heavy atom. The van der Waals surface area contributed by atoms with Crippen molar-refractivity contribution in [2.75, 3.05) is 32.1 Å². The summed E-state index contributed by atoms with van der Waals surface area (Å²) in [5, 5.41) is 12.1. The minimum atomic E-state index is 0.0156. The number of likely N-dealkylation sites (N-methyl/N-ethyl adjacent to an activating group) is 1. The Kier molecular flexibility index (Phi) is 3.64. The van der Waals surface area contributed by atoms with Crippen molar-refractivity contribution in [3.8, 4) is 0 Å². The minimum Gasteiger partial charge on any atom is -0.395 e. The van der Waals surface area contributed by atoms with Crippen LogP contribution in [0.5, 0.6) is 0 Å². The number of amides is 1. The van der Waals surface area contributed by atoms with Crippen molar-refractivity contribution in [1.29, 1.82) is 0 Å². The maximum absolute atomic E-state index is 11.9. The van der Waals surface area contributed by atoms with Gasteiger partial charge in [0.25, 0.3) is 0 Å². The Morgan fingerprint density at radius 1 is 1.53 bits per heavy atom. The number of rotatable bonds is 4. The lowest BCUT2D eigenvalue weighted by molar-refractivity contribution is -0.130. The van der Waals surface area contributed by atoms with Gasteiger partial charge in [0.1, 0.15) is 0 Å². The summed E-state index contributed by atoms with van der Waals surface area (Å²) in [7, 11) is 1.73. The molecule has 0 aromatic heterocycles. The van der Waals surface area contributed by atoms with Crippen LogP contribution in [0, 0.1) is 0 Å². The molecule has 1 aromatic carbocycles. The summed E-state index contributed by atoms with van der Waals surface area (Å²) >= 11 is 0. The molecule has 0 spiro atoms. The third kappa shape index (κ3) is 2.58. The Morgan fingerprint density at radius 2 is 2.29 bits per heavy atom. The van der Waals surface area contributed by atoms with Gasteiger partial charge in [0.05, 0.1) is 6.61 Å². The van der Waals surface area contributed by atoms with Gasteiger partial charge in [0.2, 0.25) is 5.91 Å². The quantitative estimate of drug-likeness (QED) is 0.818. The van der Waals surface area contributed by atoms with Gasteiger partial charge < -0.3 is 15.3 Å². The van der Waals surface area contributed by atoms with Crippen molar-refractivity contribution < 1.29 is 9.90 Å². The van der Waals surface area contributed by atoms with Crippen molar-refractivity contribution in [2.24, 2.45) is 0 Å². The molecule has 17 heavy (non-hydrogen) atoms. The number of anilines is 1. The highest BCUT2D eigenvalue weighted by molar-refractivity contribution is 5.78.